The van der Waals surface area contributed by atoms with Gasteiger partial charge in [0.15, 0.2) is 5.79 Å². The van der Waals surface area contributed by atoms with E-state index < -0.39 is 0 Å². The summed E-state index contributed by atoms with van der Waals surface area (Å²) in [6, 6.07) is 0. The molecule has 2 rings (SSSR count). The fourth-order valence-corrected chi connectivity index (χ4v) is 4.33. The highest BCUT2D eigenvalue weighted by molar-refractivity contribution is 5.00. The smallest absolute Gasteiger partial charge is 0.174 e. The molecular weight excluding hydrogens is 296 g/mol. The second-order valence-electron chi connectivity index (χ2n) is 8.83. The molecule has 0 aromatic carbocycles. The van der Waals surface area contributed by atoms with Gasteiger partial charge in [-0.1, -0.05) is 45.4 Å². The van der Waals surface area contributed by atoms with Crippen LogP contribution in [0.3, 0.4) is 0 Å². The SMILES string of the molecule is CCCCCCCCC(C1CC1)C(OC(C)C)(OC(C)C)C1CC1. The van der Waals surface area contributed by atoms with Gasteiger partial charge in [-0.15, -0.1) is 0 Å². The lowest BCUT2D eigenvalue weighted by Crippen LogP contribution is -2.50. The lowest BCUT2D eigenvalue weighted by atomic mass is 9.84. The van der Waals surface area contributed by atoms with E-state index in [4.69, 9.17) is 9.47 Å². The first-order valence-corrected chi connectivity index (χ1v) is 10.8. The van der Waals surface area contributed by atoms with Crippen LogP contribution in [0.25, 0.3) is 0 Å². The average Bonchev–Trinajstić information content (AvgIpc) is 3.37. The van der Waals surface area contributed by atoms with Crippen LogP contribution in [0.4, 0.5) is 0 Å². The summed E-state index contributed by atoms with van der Waals surface area (Å²) in [5.41, 5.74) is 0. The first kappa shape index (κ1) is 20.2. The van der Waals surface area contributed by atoms with Crippen LogP contribution in [0.1, 0.15) is 105 Å². The normalized spacial score (nSPS) is 20.1. The highest BCUT2D eigenvalue weighted by atomic mass is 16.7. The zero-order valence-corrected chi connectivity index (χ0v) is 17.0. The second-order valence-corrected chi connectivity index (χ2v) is 8.83. The van der Waals surface area contributed by atoms with Crippen molar-refractivity contribution in [1.29, 1.82) is 0 Å². The Kier molecular flexibility index (Phi) is 8.07. The van der Waals surface area contributed by atoms with Gasteiger partial charge in [0.1, 0.15) is 0 Å². The summed E-state index contributed by atoms with van der Waals surface area (Å²) in [6.45, 7) is 11.0. The van der Waals surface area contributed by atoms with Crippen LogP contribution in [0, 0.1) is 17.8 Å². The third-order valence-corrected chi connectivity index (χ3v) is 5.56. The van der Waals surface area contributed by atoms with Gasteiger partial charge in [0.2, 0.25) is 0 Å². The van der Waals surface area contributed by atoms with Crippen molar-refractivity contribution in [2.24, 2.45) is 17.8 Å². The van der Waals surface area contributed by atoms with Gasteiger partial charge >= 0.3 is 0 Å². The van der Waals surface area contributed by atoms with Crippen LogP contribution in [-0.2, 0) is 9.47 Å². The summed E-state index contributed by atoms with van der Waals surface area (Å²) < 4.78 is 13.2. The lowest BCUT2D eigenvalue weighted by molar-refractivity contribution is -0.312. The molecule has 142 valence electrons. The molecule has 2 nitrogen and oxygen atoms in total. The molecule has 0 spiro atoms. The molecule has 1 unspecified atom stereocenters. The molecule has 0 N–H and O–H groups in total. The monoisotopic (exact) mass is 338 g/mol. The number of unbranched alkanes of at least 4 members (excludes halogenated alkanes) is 5. The fourth-order valence-electron chi connectivity index (χ4n) is 4.33. The molecule has 2 saturated carbocycles. The van der Waals surface area contributed by atoms with Gasteiger partial charge in [-0.3, -0.25) is 0 Å². The Labute approximate surface area is 151 Å². The maximum Gasteiger partial charge on any atom is 0.174 e. The highest BCUT2D eigenvalue weighted by Gasteiger charge is 2.57. The largest absolute Gasteiger partial charge is 0.347 e. The molecule has 0 aromatic heterocycles. The molecule has 0 heterocycles. The molecule has 2 aliphatic carbocycles. The molecule has 0 radical (unpaired) electrons. The van der Waals surface area contributed by atoms with Crippen molar-refractivity contribution < 1.29 is 9.47 Å². The van der Waals surface area contributed by atoms with Crippen LogP contribution >= 0.6 is 0 Å². The van der Waals surface area contributed by atoms with Crippen molar-refractivity contribution in [2.75, 3.05) is 0 Å². The van der Waals surface area contributed by atoms with Crippen molar-refractivity contribution in [3.05, 3.63) is 0 Å². The topological polar surface area (TPSA) is 18.5 Å². The minimum absolute atomic E-state index is 0.246. The van der Waals surface area contributed by atoms with Crippen molar-refractivity contribution in [2.45, 2.75) is 123 Å². The Morgan fingerprint density at radius 1 is 0.792 bits per heavy atom. The van der Waals surface area contributed by atoms with Crippen molar-refractivity contribution in [3.63, 3.8) is 0 Å². The van der Waals surface area contributed by atoms with E-state index in [2.05, 4.69) is 34.6 Å². The Morgan fingerprint density at radius 2 is 1.33 bits per heavy atom. The maximum atomic E-state index is 6.61. The van der Waals surface area contributed by atoms with Crippen LogP contribution < -0.4 is 0 Å². The minimum atomic E-state index is -0.299. The van der Waals surface area contributed by atoms with Crippen LogP contribution in [-0.4, -0.2) is 18.0 Å². The first-order valence-electron chi connectivity index (χ1n) is 10.8. The Bertz CT molecular complexity index is 332. The zero-order chi connectivity index (χ0) is 17.6. The summed E-state index contributed by atoms with van der Waals surface area (Å²) in [4.78, 5) is 0. The quantitative estimate of drug-likeness (QED) is 0.258. The zero-order valence-electron chi connectivity index (χ0n) is 17.0. The molecule has 0 saturated heterocycles. The molecule has 2 aliphatic rings. The molecule has 2 fully saturated rings. The summed E-state index contributed by atoms with van der Waals surface area (Å²) in [6.07, 6.45) is 15.4. The number of ether oxygens (including phenoxy) is 2. The Balaban J connectivity index is 1.99. The van der Waals surface area contributed by atoms with Gasteiger partial charge in [-0.2, -0.15) is 0 Å². The standard InChI is InChI=1S/C22H42O2/c1-6-7-8-9-10-11-12-21(19-13-14-19)22(20-15-16-20,23-17(2)3)24-18(4)5/h17-21H,6-16H2,1-5H3. The van der Waals surface area contributed by atoms with E-state index in [9.17, 15) is 0 Å². The number of hydrogen-bond acceptors (Lipinski definition) is 2. The number of hydrogen-bond donors (Lipinski definition) is 0. The third-order valence-electron chi connectivity index (χ3n) is 5.56. The molecule has 0 amide bonds. The molecule has 2 heteroatoms. The van der Waals surface area contributed by atoms with Crippen molar-refractivity contribution >= 4 is 0 Å². The van der Waals surface area contributed by atoms with Gasteiger partial charge in [-0.05, 0) is 65.7 Å². The van der Waals surface area contributed by atoms with Crippen LogP contribution in [0.5, 0.6) is 0 Å². The van der Waals surface area contributed by atoms with E-state index in [1.54, 1.807) is 0 Å². The highest BCUT2D eigenvalue weighted by Crippen LogP contribution is 2.56. The van der Waals surface area contributed by atoms with E-state index in [1.165, 1.54) is 70.6 Å². The lowest BCUT2D eigenvalue weighted by Gasteiger charge is -2.44. The van der Waals surface area contributed by atoms with E-state index in [-0.39, 0.29) is 18.0 Å². The van der Waals surface area contributed by atoms with Crippen LogP contribution in [0.2, 0.25) is 0 Å². The molecular formula is C22H42O2. The second kappa shape index (κ2) is 9.57. The molecule has 0 bridgehead atoms. The number of rotatable bonds is 14. The summed E-state index contributed by atoms with van der Waals surface area (Å²) >= 11 is 0. The summed E-state index contributed by atoms with van der Waals surface area (Å²) in [5.74, 6) is 1.79. The molecule has 0 aromatic rings. The van der Waals surface area contributed by atoms with Gasteiger partial charge < -0.3 is 9.47 Å². The Morgan fingerprint density at radius 3 is 1.79 bits per heavy atom. The van der Waals surface area contributed by atoms with E-state index >= 15 is 0 Å². The van der Waals surface area contributed by atoms with Crippen LogP contribution in [0.15, 0.2) is 0 Å². The summed E-state index contributed by atoms with van der Waals surface area (Å²) in [7, 11) is 0. The molecule has 24 heavy (non-hydrogen) atoms. The van der Waals surface area contributed by atoms with Crippen molar-refractivity contribution in [1.82, 2.24) is 0 Å². The molecule has 1 atom stereocenters. The average molecular weight is 339 g/mol. The van der Waals surface area contributed by atoms with Gasteiger partial charge in [-0.25, -0.2) is 0 Å². The third kappa shape index (κ3) is 6.02. The first-order chi connectivity index (χ1) is 11.5. The van der Waals surface area contributed by atoms with E-state index in [1.807, 2.05) is 0 Å². The van der Waals surface area contributed by atoms with E-state index in [0.717, 1.165) is 5.92 Å². The maximum absolute atomic E-state index is 6.61. The van der Waals surface area contributed by atoms with Gasteiger partial charge in [0.05, 0.1) is 12.2 Å². The minimum Gasteiger partial charge on any atom is -0.347 e. The predicted molar refractivity (Wildman–Crippen MR) is 102 cm³/mol. The van der Waals surface area contributed by atoms with Gasteiger partial charge in [0, 0.05) is 11.8 Å². The van der Waals surface area contributed by atoms with E-state index in [0.29, 0.717) is 11.8 Å². The van der Waals surface area contributed by atoms with Crippen molar-refractivity contribution in [3.8, 4) is 0 Å². The summed E-state index contributed by atoms with van der Waals surface area (Å²) in [5, 5.41) is 0. The Hall–Kier alpha value is -0.0800. The fraction of sp³-hybridized carbons (Fsp3) is 1.00. The van der Waals surface area contributed by atoms with Gasteiger partial charge in [0.25, 0.3) is 0 Å². The molecule has 0 aliphatic heterocycles. The predicted octanol–water partition coefficient (Wildman–Crippen LogP) is 6.72.